The number of rotatable bonds is 5. The van der Waals surface area contributed by atoms with Crippen LogP contribution in [0.4, 0.5) is 4.39 Å². The molecule has 1 atom stereocenters. The van der Waals surface area contributed by atoms with E-state index in [1.807, 2.05) is 0 Å². The van der Waals surface area contributed by atoms with Gasteiger partial charge in [0.2, 0.25) is 5.91 Å². The second-order valence-electron chi connectivity index (χ2n) is 3.68. The zero-order chi connectivity index (χ0) is 12.1. The van der Waals surface area contributed by atoms with Crippen molar-refractivity contribution in [3.05, 3.63) is 35.6 Å². The fourth-order valence-corrected chi connectivity index (χ4v) is 1.61. The highest BCUT2D eigenvalue weighted by molar-refractivity contribution is 5.75. The van der Waals surface area contributed by atoms with E-state index in [1.165, 1.54) is 12.1 Å². The molecule has 0 bridgehead atoms. The molecule has 0 fully saturated rings. The van der Waals surface area contributed by atoms with Crippen LogP contribution in [0.25, 0.3) is 0 Å². The second-order valence-corrected chi connectivity index (χ2v) is 3.68. The number of amides is 1. The number of carbonyl (C=O) groups excluding carboxylic acids is 1. The molecule has 1 aromatic rings. The fourth-order valence-electron chi connectivity index (χ4n) is 1.61. The smallest absolute Gasteiger partial charge is 0.231 e. The minimum atomic E-state index is -0.414. The van der Waals surface area contributed by atoms with Crippen molar-refractivity contribution in [1.29, 1.82) is 0 Å². The molecule has 0 aliphatic rings. The maximum atomic E-state index is 12.7. The summed E-state index contributed by atoms with van der Waals surface area (Å²) in [5.74, 6) is -0.708. The highest BCUT2D eigenvalue weighted by Gasteiger charge is 2.16. The molecule has 0 saturated carbocycles. The van der Waals surface area contributed by atoms with Crippen LogP contribution >= 0.6 is 0 Å². The number of hydrogen-bond donors (Lipinski definition) is 2. The van der Waals surface area contributed by atoms with Crippen LogP contribution in [-0.4, -0.2) is 30.9 Å². The molecule has 5 heteroatoms. The average molecular weight is 225 g/mol. The summed E-state index contributed by atoms with van der Waals surface area (Å²) in [5.41, 5.74) is 11.6. The predicted octanol–water partition coefficient (Wildman–Crippen LogP) is 0.243. The number of likely N-dealkylation sites (N-methyl/N-ethyl adjacent to an activating group) is 1. The summed E-state index contributed by atoms with van der Waals surface area (Å²) in [6, 6.07) is 5.93. The quantitative estimate of drug-likeness (QED) is 0.754. The van der Waals surface area contributed by atoms with Crippen molar-refractivity contribution >= 4 is 5.91 Å². The summed E-state index contributed by atoms with van der Waals surface area (Å²) >= 11 is 0. The number of primary amides is 1. The molecule has 0 radical (unpaired) electrons. The zero-order valence-corrected chi connectivity index (χ0v) is 9.19. The topological polar surface area (TPSA) is 72.3 Å². The van der Waals surface area contributed by atoms with E-state index in [0.29, 0.717) is 6.54 Å². The fraction of sp³-hybridized carbons (Fsp3) is 0.364. The average Bonchev–Trinajstić information content (AvgIpc) is 2.21. The maximum Gasteiger partial charge on any atom is 0.231 e. The van der Waals surface area contributed by atoms with Gasteiger partial charge in [0.1, 0.15) is 5.82 Å². The molecule has 0 aliphatic carbocycles. The van der Waals surface area contributed by atoms with Crippen LogP contribution in [0.15, 0.2) is 24.3 Å². The lowest BCUT2D eigenvalue weighted by atomic mass is 10.1. The Kier molecular flexibility index (Phi) is 4.39. The van der Waals surface area contributed by atoms with E-state index in [4.69, 9.17) is 11.5 Å². The van der Waals surface area contributed by atoms with E-state index < -0.39 is 5.91 Å². The van der Waals surface area contributed by atoms with Gasteiger partial charge in [-0.05, 0) is 24.7 Å². The number of hydrogen-bond acceptors (Lipinski definition) is 3. The Morgan fingerprint density at radius 3 is 2.44 bits per heavy atom. The lowest BCUT2D eigenvalue weighted by Crippen LogP contribution is -2.37. The lowest BCUT2D eigenvalue weighted by molar-refractivity contribution is -0.119. The van der Waals surface area contributed by atoms with Gasteiger partial charge in [-0.1, -0.05) is 12.1 Å². The van der Waals surface area contributed by atoms with Crippen LogP contribution in [0.1, 0.15) is 11.6 Å². The zero-order valence-electron chi connectivity index (χ0n) is 9.19. The Bertz CT molecular complexity index is 353. The molecule has 1 aromatic carbocycles. The first-order chi connectivity index (χ1) is 7.54. The Balaban J connectivity index is 2.81. The van der Waals surface area contributed by atoms with Gasteiger partial charge in [0.25, 0.3) is 0 Å². The molecule has 0 aromatic heterocycles. The number of nitrogens with two attached hydrogens (primary N) is 2. The lowest BCUT2D eigenvalue weighted by Gasteiger charge is -2.26. The molecule has 1 amide bonds. The van der Waals surface area contributed by atoms with Gasteiger partial charge in [-0.15, -0.1) is 0 Å². The largest absolute Gasteiger partial charge is 0.369 e. The van der Waals surface area contributed by atoms with Crippen molar-refractivity contribution in [3.8, 4) is 0 Å². The van der Waals surface area contributed by atoms with Gasteiger partial charge in [0, 0.05) is 12.6 Å². The summed E-state index contributed by atoms with van der Waals surface area (Å²) in [5, 5.41) is 0. The van der Waals surface area contributed by atoms with Crippen molar-refractivity contribution < 1.29 is 9.18 Å². The van der Waals surface area contributed by atoms with Gasteiger partial charge in [-0.3, -0.25) is 9.69 Å². The Hall–Kier alpha value is -1.46. The molecule has 0 aliphatic heterocycles. The van der Waals surface area contributed by atoms with Gasteiger partial charge in [-0.2, -0.15) is 0 Å². The first kappa shape index (κ1) is 12.6. The van der Waals surface area contributed by atoms with Crippen LogP contribution in [-0.2, 0) is 4.79 Å². The third-order valence-corrected chi connectivity index (χ3v) is 2.42. The molecular weight excluding hydrogens is 209 g/mol. The normalized spacial score (nSPS) is 12.8. The molecule has 16 heavy (non-hydrogen) atoms. The van der Waals surface area contributed by atoms with Crippen LogP contribution in [0.3, 0.4) is 0 Å². The Morgan fingerprint density at radius 1 is 1.44 bits per heavy atom. The summed E-state index contributed by atoms with van der Waals surface area (Å²) in [7, 11) is 1.76. The summed E-state index contributed by atoms with van der Waals surface area (Å²) < 4.78 is 12.7. The summed E-state index contributed by atoms with van der Waals surface area (Å²) in [4.78, 5) is 12.5. The minimum Gasteiger partial charge on any atom is -0.369 e. The minimum absolute atomic E-state index is 0.124. The van der Waals surface area contributed by atoms with E-state index >= 15 is 0 Å². The molecule has 1 rings (SSSR count). The molecule has 0 saturated heterocycles. The highest BCUT2D eigenvalue weighted by atomic mass is 19.1. The van der Waals surface area contributed by atoms with Crippen LogP contribution in [0.5, 0.6) is 0 Å². The van der Waals surface area contributed by atoms with Gasteiger partial charge >= 0.3 is 0 Å². The molecular formula is C11H16FN3O. The van der Waals surface area contributed by atoms with Gasteiger partial charge in [0.15, 0.2) is 0 Å². The Labute approximate surface area is 94.0 Å². The molecule has 4 N–H and O–H groups in total. The molecule has 0 spiro atoms. The first-order valence-electron chi connectivity index (χ1n) is 4.98. The monoisotopic (exact) mass is 225 g/mol. The molecule has 1 unspecified atom stereocenters. The number of halogens is 1. The predicted molar refractivity (Wildman–Crippen MR) is 60.0 cm³/mol. The van der Waals surface area contributed by atoms with E-state index in [9.17, 15) is 9.18 Å². The third kappa shape index (κ3) is 3.29. The summed E-state index contributed by atoms with van der Waals surface area (Å²) in [6.45, 7) is 0.467. The van der Waals surface area contributed by atoms with E-state index in [2.05, 4.69) is 0 Å². The van der Waals surface area contributed by atoms with Crippen LogP contribution in [0, 0.1) is 5.82 Å². The highest BCUT2D eigenvalue weighted by Crippen LogP contribution is 2.17. The maximum absolute atomic E-state index is 12.7. The van der Waals surface area contributed by atoms with Crippen LogP contribution < -0.4 is 11.5 Å². The Morgan fingerprint density at radius 2 is 2.00 bits per heavy atom. The molecule has 88 valence electrons. The van der Waals surface area contributed by atoms with Crippen molar-refractivity contribution in [2.24, 2.45) is 11.5 Å². The van der Waals surface area contributed by atoms with E-state index in [0.717, 1.165) is 5.56 Å². The standard InChI is InChI=1S/C11H16FN3O/c1-15(7-11(14)16)10(6-13)8-2-4-9(12)5-3-8/h2-5,10H,6-7,13H2,1H3,(H2,14,16). The first-order valence-corrected chi connectivity index (χ1v) is 4.98. The van der Waals surface area contributed by atoms with Gasteiger partial charge in [-0.25, -0.2) is 4.39 Å². The van der Waals surface area contributed by atoms with E-state index in [-0.39, 0.29) is 18.4 Å². The molecule has 4 nitrogen and oxygen atoms in total. The van der Waals surface area contributed by atoms with Crippen molar-refractivity contribution in [2.75, 3.05) is 20.1 Å². The molecule has 0 heterocycles. The van der Waals surface area contributed by atoms with Crippen molar-refractivity contribution in [1.82, 2.24) is 4.90 Å². The number of benzene rings is 1. The number of carbonyl (C=O) groups is 1. The summed E-state index contributed by atoms with van der Waals surface area (Å²) in [6.07, 6.45) is 0. The van der Waals surface area contributed by atoms with E-state index in [1.54, 1.807) is 24.1 Å². The van der Waals surface area contributed by atoms with Crippen molar-refractivity contribution in [3.63, 3.8) is 0 Å². The second kappa shape index (κ2) is 5.58. The van der Waals surface area contributed by atoms with Gasteiger partial charge in [0.05, 0.1) is 6.54 Å². The van der Waals surface area contributed by atoms with Crippen molar-refractivity contribution in [2.45, 2.75) is 6.04 Å². The SMILES string of the molecule is CN(CC(N)=O)C(CN)c1ccc(F)cc1. The third-order valence-electron chi connectivity index (χ3n) is 2.42. The number of nitrogens with zero attached hydrogens (tertiary/aromatic N) is 1. The van der Waals surface area contributed by atoms with Crippen LogP contribution in [0.2, 0.25) is 0 Å². The van der Waals surface area contributed by atoms with Gasteiger partial charge < -0.3 is 11.5 Å².